The number of fused-ring (bicyclic) bond motifs is 1. The van der Waals surface area contributed by atoms with Crippen molar-refractivity contribution < 1.29 is 23.5 Å². The summed E-state index contributed by atoms with van der Waals surface area (Å²) in [5, 5.41) is 0.763. The van der Waals surface area contributed by atoms with Gasteiger partial charge in [0.15, 0.2) is 0 Å². The standard InChI is InChI=1S/C21H21BrN2O5/c1-13(25)23-12-14(15-7-5-6-8-17(15)23)11-18(26)24(19-16(22)9-10-28-19)20(27)29-21(2,3)4/h5-10,12H,11H2,1-4H3. The van der Waals surface area contributed by atoms with E-state index in [0.29, 0.717) is 15.6 Å². The number of aromatic nitrogens is 1. The molecule has 8 heteroatoms. The van der Waals surface area contributed by atoms with E-state index in [1.165, 1.54) is 17.8 Å². The SMILES string of the molecule is CC(=O)n1cc(CC(=O)N(C(=O)OC(C)(C)C)c2occc2Br)c2ccccc21. The van der Waals surface area contributed by atoms with Gasteiger partial charge in [-0.3, -0.25) is 14.2 Å². The van der Waals surface area contributed by atoms with Gasteiger partial charge in [-0.2, -0.15) is 4.90 Å². The van der Waals surface area contributed by atoms with Gasteiger partial charge in [0.25, 0.3) is 0 Å². The van der Waals surface area contributed by atoms with E-state index in [2.05, 4.69) is 15.9 Å². The molecule has 1 aromatic carbocycles. The maximum Gasteiger partial charge on any atom is 0.424 e. The second-order valence-corrected chi connectivity index (χ2v) is 8.37. The smallest absolute Gasteiger partial charge is 0.424 e. The first-order valence-electron chi connectivity index (χ1n) is 8.97. The van der Waals surface area contributed by atoms with Crippen molar-refractivity contribution in [1.29, 1.82) is 0 Å². The quantitative estimate of drug-likeness (QED) is 0.538. The molecule has 2 heterocycles. The Morgan fingerprint density at radius 3 is 2.45 bits per heavy atom. The highest BCUT2D eigenvalue weighted by molar-refractivity contribution is 9.10. The van der Waals surface area contributed by atoms with E-state index in [4.69, 9.17) is 9.15 Å². The minimum Gasteiger partial charge on any atom is -0.447 e. The highest BCUT2D eigenvalue weighted by atomic mass is 79.9. The van der Waals surface area contributed by atoms with Gasteiger partial charge >= 0.3 is 6.09 Å². The van der Waals surface area contributed by atoms with Crippen LogP contribution in [0.5, 0.6) is 0 Å². The second kappa shape index (κ2) is 7.87. The summed E-state index contributed by atoms with van der Waals surface area (Å²) in [6.45, 7) is 6.59. The first kappa shape index (κ1) is 20.9. The van der Waals surface area contributed by atoms with Gasteiger partial charge < -0.3 is 9.15 Å². The molecular weight excluding hydrogens is 440 g/mol. The number of furan rings is 1. The molecule has 152 valence electrons. The molecule has 0 saturated heterocycles. The number of hydrogen-bond acceptors (Lipinski definition) is 5. The summed E-state index contributed by atoms with van der Waals surface area (Å²) in [5.74, 6) is -0.668. The molecule has 29 heavy (non-hydrogen) atoms. The molecule has 0 fully saturated rings. The van der Waals surface area contributed by atoms with Crippen LogP contribution in [0.25, 0.3) is 10.9 Å². The van der Waals surface area contributed by atoms with Crippen LogP contribution in [0.1, 0.15) is 38.1 Å². The predicted molar refractivity (Wildman–Crippen MR) is 112 cm³/mol. The van der Waals surface area contributed by atoms with Crippen molar-refractivity contribution >= 4 is 50.6 Å². The van der Waals surface area contributed by atoms with Crippen LogP contribution in [-0.4, -0.2) is 28.1 Å². The number of nitrogens with zero attached hydrogens (tertiary/aromatic N) is 2. The molecule has 0 spiro atoms. The molecule has 0 atom stereocenters. The van der Waals surface area contributed by atoms with Gasteiger partial charge in [-0.25, -0.2) is 4.79 Å². The monoisotopic (exact) mass is 460 g/mol. The zero-order valence-electron chi connectivity index (χ0n) is 16.6. The lowest BCUT2D eigenvalue weighted by atomic mass is 10.1. The highest BCUT2D eigenvalue weighted by Gasteiger charge is 2.32. The summed E-state index contributed by atoms with van der Waals surface area (Å²) in [7, 11) is 0. The first-order valence-corrected chi connectivity index (χ1v) is 9.76. The van der Waals surface area contributed by atoms with E-state index in [-0.39, 0.29) is 18.2 Å². The van der Waals surface area contributed by atoms with Crippen LogP contribution < -0.4 is 4.90 Å². The highest BCUT2D eigenvalue weighted by Crippen LogP contribution is 2.30. The summed E-state index contributed by atoms with van der Waals surface area (Å²) in [5.41, 5.74) is 0.530. The van der Waals surface area contributed by atoms with Crippen LogP contribution >= 0.6 is 15.9 Å². The maximum absolute atomic E-state index is 13.2. The van der Waals surface area contributed by atoms with Crippen LogP contribution in [0, 0.1) is 0 Å². The van der Waals surface area contributed by atoms with Gasteiger partial charge in [-0.15, -0.1) is 0 Å². The summed E-state index contributed by atoms with van der Waals surface area (Å²) in [6.07, 6.45) is 2.03. The maximum atomic E-state index is 13.2. The number of ether oxygens (including phenoxy) is 1. The fraction of sp³-hybridized carbons (Fsp3) is 0.286. The summed E-state index contributed by atoms with van der Waals surface area (Å²) in [4.78, 5) is 38.8. The summed E-state index contributed by atoms with van der Waals surface area (Å²) < 4.78 is 12.7. The van der Waals surface area contributed by atoms with Crippen molar-refractivity contribution in [1.82, 2.24) is 4.57 Å². The third-order valence-electron chi connectivity index (χ3n) is 4.10. The Labute approximate surface area is 176 Å². The van der Waals surface area contributed by atoms with Gasteiger partial charge in [0, 0.05) is 18.5 Å². The van der Waals surface area contributed by atoms with Crippen molar-refractivity contribution in [2.24, 2.45) is 0 Å². The Kier molecular flexibility index (Phi) is 5.66. The predicted octanol–water partition coefficient (Wildman–Crippen LogP) is 5.17. The molecular formula is C21H21BrN2O5. The Balaban J connectivity index is 2.00. The van der Waals surface area contributed by atoms with Crippen molar-refractivity contribution in [3.63, 3.8) is 0 Å². The normalized spacial score (nSPS) is 11.5. The molecule has 0 radical (unpaired) electrons. The largest absolute Gasteiger partial charge is 0.447 e. The van der Waals surface area contributed by atoms with Gasteiger partial charge in [-0.05, 0) is 54.4 Å². The third-order valence-corrected chi connectivity index (χ3v) is 4.71. The molecule has 0 bridgehead atoms. The van der Waals surface area contributed by atoms with Crippen LogP contribution in [0.3, 0.4) is 0 Å². The molecule has 2 amide bonds. The van der Waals surface area contributed by atoms with Gasteiger partial charge in [0.2, 0.25) is 17.7 Å². The third kappa shape index (κ3) is 4.42. The lowest BCUT2D eigenvalue weighted by molar-refractivity contribution is -0.117. The number of benzene rings is 1. The van der Waals surface area contributed by atoms with Gasteiger partial charge in [-0.1, -0.05) is 18.2 Å². The van der Waals surface area contributed by atoms with Crippen molar-refractivity contribution in [3.8, 4) is 0 Å². The summed E-state index contributed by atoms with van der Waals surface area (Å²) in [6, 6.07) is 8.87. The number of hydrogen-bond donors (Lipinski definition) is 0. The van der Waals surface area contributed by atoms with Crippen molar-refractivity contribution in [2.75, 3.05) is 4.90 Å². The molecule has 2 aromatic heterocycles. The minimum atomic E-state index is -0.839. The lowest BCUT2D eigenvalue weighted by Gasteiger charge is -2.25. The fourth-order valence-electron chi connectivity index (χ4n) is 2.94. The fourth-order valence-corrected chi connectivity index (χ4v) is 3.32. The first-order chi connectivity index (χ1) is 13.6. The number of amides is 2. The average Bonchev–Trinajstić information content (AvgIpc) is 3.18. The molecule has 0 aliphatic carbocycles. The number of imide groups is 1. The Morgan fingerprint density at radius 1 is 1.17 bits per heavy atom. The Bertz CT molecular complexity index is 1090. The molecule has 0 saturated carbocycles. The number of carbonyl (C=O) groups is 3. The molecule has 0 N–H and O–H groups in total. The van der Waals surface area contributed by atoms with E-state index in [1.54, 1.807) is 39.1 Å². The molecule has 0 unspecified atom stereocenters. The van der Waals surface area contributed by atoms with Crippen LogP contribution in [0.2, 0.25) is 0 Å². The molecule has 3 rings (SSSR count). The Hall–Kier alpha value is -2.87. The zero-order valence-corrected chi connectivity index (χ0v) is 18.1. The van der Waals surface area contributed by atoms with E-state index < -0.39 is 17.6 Å². The van der Waals surface area contributed by atoms with E-state index in [0.717, 1.165) is 10.3 Å². The second-order valence-electron chi connectivity index (χ2n) is 7.52. The zero-order chi connectivity index (χ0) is 21.3. The van der Waals surface area contributed by atoms with Crippen LogP contribution in [-0.2, 0) is 16.0 Å². The molecule has 0 aliphatic rings. The number of halogens is 1. The Morgan fingerprint density at radius 2 is 1.86 bits per heavy atom. The lowest BCUT2D eigenvalue weighted by Crippen LogP contribution is -2.41. The van der Waals surface area contributed by atoms with Crippen LogP contribution in [0.4, 0.5) is 10.7 Å². The van der Waals surface area contributed by atoms with E-state index in [1.807, 2.05) is 18.2 Å². The van der Waals surface area contributed by atoms with E-state index in [9.17, 15) is 14.4 Å². The minimum absolute atomic E-state index is 0.0413. The number of carbonyl (C=O) groups excluding carboxylic acids is 3. The topological polar surface area (TPSA) is 81.8 Å². The van der Waals surface area contributed by atoms with E-state index >= 15 is 0 Å². The van der Waals surface area contributed by atoms with Gasteiger partial charge in [0.1, 0.15) is 5.60 Å². The average molecular weight is 461 g/mol. The van der Waals surface area contributed by atoms with Crippen molar-refractivity contribution in [2.45, 2.75) is 39.7 Å². The summed E-state index contributed by atoms with van der Waals surface area (Å²) >= 11 is 3.29. The molecule has 3 aromatic rings. The van der Waals surface area contributed by atoms with Gasteiger partial charge in [0.05, 0.1) is 22.7 Å². The van der Waals surface area contributed by atoms with Crippen molar-refractivity contribution in [3.05, 3.63) is 52.8 Å². The number of para-hydroxylation sites is 1. The molecule has 0 aliphatic heterocycles. The number of rotatable bonds is 3. The molecule has 7 nitrogen and oxygen atoms in total. The van der Waals surface area contributed by atoms with Crippen LogP contribution in [0.15, 0.2) is 51.7 Å². The number of anilines is 1.